The fraction of sp³-hybridized carbons (Fsp3) is 0.692. The van der Waals surface area contributed by atoms with Crippen LogP contribution < -0.4 is 4.74 Å². The van der Waals surface area contributed by atoms with E-state index in [4.69, 9.17) is 4.74 Å². The van der Waals surface area contributed by atoms with E-state index in [1.54, 1.807) is 5.56 Å². The molecule has 0 unspecified atom stereocenters. The smallest absolute Gasteiger partial charge is 0.123 e. The second-order valence-corrected chi connectivity index (χ2v) is 9.93. The lowest BCUT2D eigenvalue weighted by Crippen LogP contribution is -2.20. The van der Waals surface area contributed by atoms with Gasteiger partial charge in [0.05, 0.1) is 6.61 Å². The van der Waals surface area contributed by atoms with Crippen molar-refractivity contribution < 1.29 is 4.74 Å². The zero-order valence-corrected chi connectivity index (χ0v) is 20.4. The van der Waals surface area contributed by atoms with Crippen LogP contribution >= 0.6 is 15.9 Å². The topological polar surface area (TPSA) is 9.23 Å². The Morgan fingerprint density at radius 1 is 1.18 bits per heavy atom. The van der Waals surface area contributed by atoms with Crippen molar-refractivity contribution in [1.82, 2.24) is 0 Å². The summed E-state index contributed by atoms with van der Waals surface area (Å²) < 4.78 is 6.36. The minimum absolute atomic E-state index is 0.611. The monoisotopic (exact) mass is 448 g/mol. The Morgan fingerprint density at radius 2 is 1.93 bits per heavy atom. The van der Waals surface area contributed by atoms with E-state index in [2.05, 4.69) is 68.8 Å². The zero-order chi connectivity index (χ0) is 20.5. The highest BCUT2D eigenvalue weighted by molar-refractivity contribution is 9.09. The van der Waals surface area contributed by atoms with Gasteiger partial charge < -0.3 is 4.74 Å². The quantitative estimate of drug-likeness (QED) is 0.186. The molecule has 1 aromatic rings. The Kier molecular flexibility index (Phi) is 10.1. The van der Waals surface area contributed by atoms with Gasteiger partial charge in [-0.1, -0.05) is 60.3 Å². The molecule has 1 aromatic carbocycles. The number of fused-ring (bicyclic) bond motifs is 1. The first-order chi connectivity index (χ1) is 13.4. The molecule has 0 saturated carbocycles. The third kappa shape index (κ3) is 6.94. The van der Waals surface area contributed by atoms with Crippen molar-refractivity contribution in [2.75, 3.05) is 11.9 Å². The zero-order valence-electron chi connectivity index (χ0n) is 18.8. The van der Waals surface area contributed by atoms with Crippen LogP contribution in [0.4, 0.5) is 0 Å². The standard InChI is InChI=1S/C26H41BrO/c1-19(2)11-10-12-21(4)23-14-13-22(5)26-24(23)17-20(3)18-25(26)28-16-9-7-6-8-15-27/h11,17-18,21-23H,6-10,12-16H2,1-5H3/t21-,22+,23-/m0/s1. The Bertz CT molecular complexity index is 630. The van der Waals surface area contributed by atoms with E-state index in [9.17, 15) is 0 Å². The molecule has 0 amide bonds. The lowest BCUT2D eigenvalue weighted by molar-refractivity contribution is 0.293. The van der Waals surface area contributed by atoms with Crippen LogP contribution in [0.15, 0.2) is 23.8 Å². The maximum Gasteiger partial charge on any atom is 0.123 e. The predicted molar refractivity (Wildman–Crippen MR) is 127 cm³/mol. The van der Waals surface area contributed by atoms with Crippen LogP contribution in [0.5, 0.6) is 5.75 Å². The number of unbranched alkanes of at least 4 members (excludes halogenated alkanes) is 3. The van der Waals surface area contributed by atoms with E-state index in [1.807, 2.05) is 0 Å². The summed E-state index contributed by atoms with van der Waals surface area (Å²) in [4.78, 5) is 0. The highest BCUT2D eigenvalue weighted by atomic mass is 79.9. The predicted octanol–water partition coefficient (Wildman–Crippen LogP) is 8.69. The lowest BCUT2D eigenvalue weighted by atomic mass is 9.71. The molecule has 2 heteroatoms. The molecule has 158 valence electrons. The summed E-state index contributed by atoms with van der Waals surface area (Å²) in [5, 5.41) is 1.12. The molecular weight excluding hydrogens is 408 g/mol. The molecule has 0 bridgehead atoms. The molecule has 0 aliphatic heterocycles. The minimum Gasteiger partial charge on any atom is -0.493 e. The van der Waals surface area contributed by atoms with Crippen molar-refractivity contribution in [2.24, 2.45) is 5.92 Å². The highest BCUT2D eigenvalue weighted by Crippen LogP contribution is 2.47. The van der Waals surface area contributed by atoms with Crippen LogP contribution in [0, 0.1) is 12.8 Å². The molecule has 0 saturated heterocycles. The first kappa shape index (κ1) is 23.5. The van der Waals surface area contributed by atoms with Crippen LogP contribution in [-0.2, 0) is 0 Å². The Labute approximate surface area is 182 Å². The molecular formula is C26H41BrO. The molecule has 3 atom stereocenters. The van der Waals surface area contributed by atoms with E-state index in [-0.39, 0.29) is 0 Å². The number of rotatable bonds is 11. The van der Waals surface area contributed by atoms with Crippen LogP contribution in [0.1, 0.15) is 108 Å². The van der Waals surface area contributed by atoms with Crippen LogP contribution in [0.2, 0.25) is 0 Å². The molecule has 0 N–H and O–H groups in total. The molecule has 0 radical (unpaired) electrons. The van der Waals surface area contributed by atoms with E-state index in [0.717, 1.165) is 24.3 Å². The number of allylic oxidation sites excluding steroid dienone is 2. The third-order valence-electron chi connectivity index (χ3n) is 6.27. The average Bonchev–Trinajstić information content (AvgIpc) is 2.64. The van der Waals surface area contributed by atoms with E-state index >= 15 is 0 Å². The molecule has 1 aliphatic carbocycles. The van der Waals surface area contributed by atoms with Crippen LogP contribution in [0.25, 0.3) is 0 Å². The molecule has 0 heterocycles. The highest BCUT2D eigenvalue weighted by Gasteiger charge is 2.31. The molecule has 1 aliphatic rings. The molecule has 28 heavy (non-hydrogen) atoms. The second kappa shape index (κ2) is 12.1. The summed E-state index contributed by atoms with van der Waals surface area (Å²) in [6.07, 6.45) is 12.5. The Morgan fingerprint density at radius 3 is 2.64 bits per heavy atom. The fourth-order valence-electron chi connectivity index (χ4n) is 4.63. The van der Waals surface area contributed by atoms with Gasteiger partial charge in [0.2, 0.25) is 0 Å². The van der Waals surface area contributed by atoms with Crippen LogP contribution in [0.3, 0.4) is 0 Å². The van der Waals surface area contributed by atoms with Crippen LogP contribution in [-0.4, -0.2) is 11.9 Å². The summed E-state index contributed by atoms with van der Waals surface area (Å²) in [5.41, 5.74) is 5.88. The number of hydrogen-bond acceptors (Lipinski definition) is 1. The number of ether oxygens (including phenoxy) is 1. The van der Waals surface area contributed by atoms with Gasteiger partial charge in [-0.15, -0.1) is 0 Å². The van der Waals surface area contributed by atoms with E-state index in [1.165, 1.54) is 67.4 Å². The first-order valence-electron chi connectivity index (χ1n) is 11.4. The van der Waals surface area contributed by atoms with Gasteiger partial charge in [0.1, 0.15) is 5.75 Å². The van der Waals surface area contributed by atoms with Crippen molar-refractivity contribution in [3.8, 4) is 5.75 Å². The van der Waals surface area contributed by atoms with Crippen molar-refractivity contribution >= 4 is 15.9 Å². The summed E-state index contributed by atoms with van der Waals surface area (Å²) in [5.74, 6) is 3.18. The number of halogens is 1. The largest absolute Gasteiger partial charge is 0.493 e. The Balaban J connectivity index is 2.11. The van der Waals surface area contributed by atoms with E-state index in [0.29, 0.717) is 11.8 Å². The summed E-state index contributed by atoms with van der Waals surface area (Å²) in [7, 11) is 0. The number of benzene rings is 1. The van der Waals surface area contributed by atoms with Crippen molar-refractivity contribution in [3.63, 3.8) is 0 Å². The van der Waals surface area contributed by atoms with Crippen molar-refractivity contribution in [1.29, 1.82) is 0 Å². The summed E-state index contributed by atoms with van der Waals surface area (Å²) in [6.45, 7) is 12.3. The Hall–Kier alpha value is -0.760. The molecule has 0 spiro atoms. The number of hydrogen-bond donors (Lipinski definition) is 0. The summed E-state index contributed by atoms with van der Waals surface area (Å²) >= 11 is 3.52. The number of aryl methyl sites for hydroxylation is 1. The number of alkyl halides is 1. The van der Waals surface area contributed by atoms with Crippen molar-refractivity contribution in [2.45, 2.75) is 97.8 Å². The van der Waals surface area contributed by atoms with Gasteiger partial charge in [-0.3, -0.25) is 0 Å². The maximum atomic E-state index is 6.36. The van der Waals surface area contributed by atoms with Gasteiger partial charge in [-0.25, -0.2) is 0 Å². The summed E-state index contributed by atoms with van der Waals surface area (Å²) in [6, 6.07) is 4.74. The molecule has 2 rings (SSSR count). The normalized spacial score (nSPS) is 19.8. The fourth-order valence-corrected chi connectivity index (χ4v) is 5.03. The van der Waals surface area contributed by atoms with Crippen molar-refractivity contribution in [3.05, 3.63) is 40.5 Å². The van der Waals surface area contributed by atoms with Gasteiger partial charge in [0.25, 0.3) is 0 Å². The van der Waals surface area contributed by atoms with Gasteiger partial charge >= 0.3 is 0 Å². The van der Waals surface area contributed by atoms with E-state index < -0.39 is 0 Å². The molecule has 0 aromatic heterocycles. The second-order valence-electron chi connectivity index (χ2n) is 9.14. The minimum atomic E-state index is 0.611. The van der Waals surface area contributed by atoms with Gasteiger partial charge in [-0.05, 0) is 94.2 Å². The molecule has 0 fully saturated rings. The first-order valence-corrected chi connectivity index (χ1v) is 12.5. The van der Waals surface area contributed by atoms with Gasteiger partial charge in [0, 0.05) is 10.9 Å². The SMILES string of the molecule is CC(C)=CCC[C@H](C)[C@@H]1CC[C@@H](C)c2c(OCCCCCCBr)cc(C)cc21. The average molecular weight is 450 g/mol. The lowest BCUT2D eigenvalue weighted by Gasteiger charge is -2.35. The molecule has 1 nitrogen and oxygen atoms in total. The third-order valence-corrected chi connectivity index (χ3v) is 6.83. The van der Waals surface area contributed by atoms with Gasteiger partial charge in [-0.2, -0.15) is 0 Å². The maximum absolute atomic E-state index is 6.36. The van der Waals surface area contributed by atoms with Gasteiger partial charge in [0.15, 0.2) is 0 Å².